The van der Waals surface area contributed by atoms with Crippen LogP contribution in [0.5, 0.6) is 0 Å². The van der Waals surface area contributed by atoms with Crippen molar-refractivity contribution in [3.63, 3.8) is 0 Å². The summed E-state index contributed by atoms with van der Waals surface area (Å²) in [5.41, 5.74) is 0.681. The molecule has 2 unspecified atom stereocenters. The number of ether oxygens (including phenoxy) is 1. The number of carbonyl (C=O) groups is 2. The molecule has 0 aromatic carbocycles. The van der Waals surface area contributed by atoms with E-state index < -0.39 is 17.7 Å². The van der Waals surface area contributed by atoms with Gasteiger partial charge >= 0.3 is 12.1 Å². The quantitative estimate of drug-likeness (QED) is 0.794. The summed E-state index contributed by atoms with van der Waals surface area (Å²) >= 11 is 0. The number of anilines is 1. The van der Waals surface area contributed by atoms with Gasteiger partial charge in [0.05, 0.1) is 18.8 Å². The third kappa shape index (κ3) is 4.49. The smallest absolute Gasteiger partial charge is 0.407 e. The van der Waals surface area contributed by atoms with Crippen molar-refractivity contribution in [2.24, 2.45) is 0 Å². The summed E-state index contributed by atoms with van der Waals surface area (Å²) in [6, 6.07) is -0.321. The van der Waals surface area contributed by atoms with E-state index in [0.29, 0.717) is 30.1 Å². The lowest BCUT2D eigenvalue weighted by molar-refractivity contribution is -0.137. The Morgan fingerprint density at radius 2 is 2.11 bits per heavy atom. The number of alkyl carbamates (subject to hydrolysis) is 1. The number of aliphatic carboxylic acids is 1. The van der Waals surface area contributed by atoms with Crippen LogP contribution in [0.3, 0.4) is 0 Å². The number of aromatic nitrogens is 4. The van der Waals surface area contributed by atoms with Gasteiger partial charge in [-0.1, -0.05) is 0 Å². The van der Waals surface area contributed by atoms with Crippen molar-refractivity contribution >= 4 is 29.0 Å². The number of fused-ring (bicyclic) bond motifs is 1. The Balaban J connectivity index is 1.73. The monoisotopic (exact) mass is 390 g/mol. The standard InChI is InChI=1S/C18H26N6O4/c1-11(7-13(25)26)24-10-21-14-15(19-9-20-16(14)24)23-6-5-12(8-23)22-17(27)28-18(2,3)4/h9-12H,5-8H2,1-4H3,(H,22,27)(H,25,26). The van der Waals surface area contributed by atoms with E-state index >= 15 is 0 Å². The molecule has 10 nitrogen and oxygen atoms in total. The van der Waals surface area contributed by atoms with Gasteiger partial charge < -0.3 is 24.6 Å². The topological polar surface area (TPSA) is 122 Å². The number of imidazole rings is 1. The number of hydrogen-bond donors (Lipinski definition) is 2. The first-order valence-electron chi connectivity index (χ1n) is 9.28. The highest BCUT2D eigenvalue weighted by atomic mass is 16.6. The molecule has 2 N–H and O–H groups in total. The average molecular weight is 390 g/mol. The van der Waals surface area contributed by atoms with Crippen molar-refractivity contribution in [3.8, 4) is 0 Å². The lowest BCUT2D eigenvalue weighted by Gasteiger charge is -2.22. The largest absolute Gasteiger partial charge is 0.481 e. The molecule has 0 saturated carbocycles. The van der Waals surface area contributed by atoms with Crippen LogP contribution >= 0.6 is 0 Å². The summed E-state index contributed by atoms with van der Waals surface area (Å²) in [4.78, 5) is 38.1. The van der Waals surface area contributed by atoms with Crippen molar-refractivity contribution in [3.05, 3.63) is 12.7 Å². The third-order valence-corrected chi connectivity index (χ3v) is 4.49. The fourth-order valence-electron chi connectivity index (χ4n) is 3.29. The first-order valence-corrected chi connectivity index (χ1v) is 9.28. The molecule has 28 heavy (non-hydrogen) atoms. The van der Waals surface area contributed by atoms with Crippen LogP contribution in [0.25, 0.3) is 11.2 Å². The second-order valence-corrected chi connectivity index (χ2v) is 8.05. The molecular formula is C18H26N6O4. The van der Waals surface area contributed by atoms with Gasteiger partial charge in [0.2, 0.25) is 0 Å². The predicted octanol–water partition coefficient (Wildman–Crippen LogP) is 1.97. The molecule has 1 saturated heterocycles. The number of nitrogens with zero attached hydrogens (tertiary/aromatic N) is 5. The van der Waals surface area contributed by atoms with Gasteiger partial charge in [-0.3, -0.25) is 4.79 Å². The summed E-state index contributed by atoms with van der Waals surface area (Å²) in [5, 5.41) is 11.9. The molecule has 1 fully saturated rings. The van der Waals surface area contributed by atoms with Crippen LogP contribution in [-0.4, -0.2) is 61.4 Å². The van der Waals surface area contributed by atoms with Crippen molar-refractivity contribution < 1.29 is 19.4 Å². The van der Waals surface area contributed by atoms with E-state index in [2.05, 4.69) is 20.3 Å². The molecule has 0 bridgehead atoms. The van der Waals surface area contributed by atoms with Gasteiger partial charge in [0, 0.05) is 19.1 Å². The van der Waals surface area contributed by atoms with Gasteiger partial charge in [-0.25, -0.2) is 19.7 Å². The molecule has 152 valence electrons. The Kier molecular flexibility index (Phi) is 5.39. The van der Waals surface area contributed by atoms with Gasteiger partial charge in [-0.05, 0) is 34.1 Å². The maximum atomic E-state index is 12.0. The minimum Gasteiger partial charge on any atom is -0.481 e. The highest BCUT2D eigenvalue weighted by Crippen LogP contribution is 2.27. The van der Waals surface area contributed by atoms with Crippen molar-refractivity contribution in [1.29, 1.82) is 0 Å². The fourth-order valence-corrected chi connectivity index (χ4v) is 3.29. The minimum absolute atomic E-state index is 0.0175. The summed E-state index contributed by atoms with van der Waals surface area (Å²) in [5.74, 6) is -0.195. The van der Waals surface area contributed by atoms with E-state index in [1.165, 1.54) is 6.33 Å². The zero-order valence-electron chi connectivity index (χ0n) is 16.5. The summed E-state index contributed by atoms with van der Waals surface area (Å²) in [6.45, 7) is 8.59. The number of hydrogen-bond acceptors (Lipinski definition) is 7. The van der Waals surface area contributed by atoms with Crippen LogP contribution in [-0.2, 0) is 9.53 Å². The molecule has 1 aliphatic heterocycles. The van der Waals surface area contributed by atoms with E-state index in [4.69, 9.17) is 9.84 Å². The summed E-state index contributed by atoms with van der Waals surface area (Å²) in [6.07, 6.45) is 3.37. The first-order chi connectivity index (χ1) is 13.1. The average Bonchev–Trinajstić information content (AvgIpc) is 3.18. The van der Waals surface area contributed by atoms with Gasteiger partial charge in [0.15, 0.2) is 17.0 Å². The molecule has 2 aromatic heterocycles. The Morgan fingerprint density at radius 3 is 2.79 bits per heavy atom. The lowest BCUT2D eigenvalue weighted by Crippen LogP contribution is -2.40. The van der Waals surface area contributed by atoms with Crippen molar-refractivity contribution in [2.75, 3.05) is 18.0 Å². The Bertz CT molecular complexity index is 875. The van der Waals surface area contributed by atoms with E-state index in [1.807, 2.05) is 32.6 Å². The Labute approximate surface area is 162 Å². The lowest BCUT2D eigenvalue weighted by atomic mass is 10.2. The fraction of sp³-hybridized carbons (Fsp3) is 0.611. The van der Waals surface area contributed by atoms with Gasteiger partial charge in [0.25, 0.3) is 0 Å². The predicted molar refractivity (Wildman–Crippen MR) is 102 cm³/mol. The van der Waals surface area contributed by atoms with Crippen LogP contribution in [0.15, 0.2) is 12.7 Å². The first kappa shape index (κ1) is 19.8. The van der Waals surface area contributed by atoms with Gasteiger partial charge in [0.1, 0.15) is 11.9 Å². The molecule has 3 heterocycles. The molecule has 2 atom stereocenters. The maximum Gasteiger partial charge on any atom is 0.407 e. The molecule has 0 radical (unpaired) electrons. The maximum absolute atomic E-state index is 12.0. The zero-order valence-corrected chi connectivity index (χ0v) is 16.5. The second kappa shape index (κ2) is 7.61. The van der Waals surface area contributed by atoms with E-state index in [9.17, 15) is 9.59 Å². The van der Waals surface area contributed by atoms with Crippen LogP contribution in [0.1, 0.15) is 46.6 Å². The summed E-state index contributed by atoms with van der Waals surface area (Å²) < 4.78 is 7.07. The molecule has 1 amide bonds. The van der Waals surface area contributed by atoms with E-state index in [-0.39, 0.29) is 18.5 Å². The van der Waals surface area contributed by atoms with Crippen molar-refractivity contribution in [1.82, 2.24) is 24.8 Å². The molecular weight excluding hydrogens is 364 g/mol. The van der Waals surface area contributed by atoms with E-state index in [0.717, 1.165) is 6.42 Å². The highest BCUT2D eigenvalue weighted by Gasteiger charge is 2.29. The van der Waals surface area contributed by atoms with Crippen LogP contribution in [0.2, 0.25) is 0 Å². The van der Waals surface area contributed by atoms with Crippen LogP contribution in [0.4, 0.5) is 10.6 Å². The normalized spacial score (nSPS) is 18.3. The molecule has 0 aliphatic carbocycles. The second-order valence-electron chi connectivity index (χ2n) is 8.05. The molecule has 10 heteroatoms. The number of carboxylic acid groups (broad SMARTS) is 1. The number of carbonyl (C=O) groups excluding carboxylic acids is 1. The van der Waals surface area contributed by atoms with E-state index in [1.54, 1.807) is 10.9 Å². The van der Waals surface area contributed by atoms with Gasteiger partial charge in [-0.2, -0.15) is 0 Å². The number of carboxylic acids is 1. The van der Waals surface area contributed by atoms with Crippen LogP contribution < -0.4 is 10.2 Å². The number of nitrogens with one attached hydrogen (secondary N) is 1. The molecule has 0 spiro atoms. The number of rotatable bonds is 5. The molecule has 1 aliphatic rings. The third-order valence-electron chi connectivity index (χ3n) is 4.49. The minimum atomic E-state index is -0.876. The Hall–Kier alpha value is -2.91. The SMILES string of the molecule is CC(CC(=O)O)n1cnc2c(N3CCC(NC(=O)OC(C)(C)C)C3)ncnc21. The molecule has 3 rings (SSSR count). The zero-order chi connectivity index (χ0) is 20.5. The molecule has 2 aromatic rings. The summed E-state index contributed by atoms with van der Waals surface area (Å²) in [7, 11) is 0. The van der Waals surface area contributed by atoms with Gasteiger partial charge in [-0.15, -0.1) is 0 Å². The highest BCUT2D eigenvalue weighted by molar-refractivity contribution is 5.84. The van der Waals surface area contributed by atoms with Crippen LogP contribution in [0, 0.1) is 0 Å². The van der Waals surface area contributed by atoms with Crippen molar-refractivity contribution in [2.45, 2.75) is 58.2 Å². The Morgan fingerprint density at radius 1 is 1.36 bits per heavy atom. The number of amides is 1.